The van der Waals surface area contributed by atoms with Gasteiger partial charge in [-0.1, -0.05) is 18.2 Å². The van der Waals surface area contributed by atoms with Crippen molar-refractivity contribution in [3.63, 3.8) is 0 Å². The summed E-state index contributed by atoms with van der Waals surface area (Å²) in [7, 11) is -3.75. The van der Waals surface area contributed by atoms with Crippen molar-refractivity contribution in [1.29, 1.82) is 0 Å². The molecule has 0 radical (unpaired) electrons. The Morgan fingerprint density at radius 3 is 2.17 bits per heavy atom. The van der Waals surface area contributed by atoms with E-state index in [0.717, 1.165) is 17.7 Å². The Labute approximate surface area is 137 Å². The SMILES string of the molecule is NS(=O)(=O)c1ccc(CCNC(=O)Nc2c(F)cccc2F)cc1. The zero-order valence-corrected chi connectivity index (χ0v) is 13.2. The summed E-state index contributed by atoms with van der Waals surface area (Å²) in [6.07, 6.45) is 0.401. The number of hydrogen-bond donors (Lipinski definition) is 3. The summed E-state index contributed by atoms with van der Waals surface area (Å²) in [5, 5.41) is 9.54. The topological polar surface area (TPSA) is 101 Å². The Morgan fingerprint density at radius 2 is 1.62 bits per heavy atom. The van der Waals surface area contributed by atoms with Crippen molar-refractivity contribution < 1.29 is 22.0 Å². The van der Waals surface area contributed by atoms with Crippen molar-refractivity contribution in [1.82, 2.24) is 5.32 Å². The maximum atomic E-state index is 13.4. The summed E-state index contributed by atoms with van der Waals surface area (Å²) >= 11 is 0. The summed E-state index contributed by atoms with van der Waals surface area (Å²) in [4.78, 5) is 11.6. The van der Waals surface area contributed by atoms with E-state index < -0.39 is 33.4 Å². The highest BCUT2D eigenvalue weighted by atomic mass is 32.2. The third-order valence-corrected chi connectivity index (χ3v) is 4.08. The molecule has 0 aliphatic heterocycles. The fourth-order valence-corrected chi connectivity index (χ4v) is 2.46. The lowest BCUT2D eigenvalue weighted by atomic mass is 10.1. The molecule has 0 spiro atoms. The third-order valence-electron chi connectivity index (χ3n) is 3.15. The summed E-state index contributed by atoms with van der Waals surface area (Å²) < 4.78 is 49.0. The normalized spacial score (nSPS) is 11.1. The van der Waals surface area contributed by atoms with Crippen molar-refractivity contribution in [2.24, 2.45) is 5.14 Å². The fourth-order valence-electron chi connectivity index (χ4n) is 1.94. The van der Waals surface area contributed by atoms with Crippen LogP contribution in [0.15, 0.2) is 47.4 Å². The minimum atomic E-state index is -3.75. The predicted octanol–water partition coefficient (Wildman–Crippen LogP) is 1.98. The number of nitrogens with one attached hydrogen (secondary N) is 2. The van der Waals surface area contributed by atoms with Gasteiger partial charge < -0.3 is 10.6 Å². The average Bonchev–Trinajstić information content (AvgIpc) is 2.51. The number of benzene rings is 2. The van der Waals surface area contributed by atoms with E-state index in [1.165, 1.54) is 18.2 Å². The zero-order valence-electron chi connectivity index (χ0n) is 12.4. The van der Waals surface area contributed by atoms with Crippen LogP contribution in [0.3, 0.4) is 0 Å². The predicted molar refractivity (Wildman–Crippen MR) is 84.9 cm³/mol. The number of para-hydroxylation sites is 1. The highest BCUT2D eigenvalue weighted by molar-refractivity contribution is 7.89. The second kappa shape index (κ2) is 7.37. The standard InChI is InChI=1S/C15H15F2N3O3S/c16-12-2-1-3-13(17)14(12)20-15(21)19-9-8-10-4-6-11(7-5-10)24(18,22)23/h1-7H,8-9H2,(H2,18,22,23)(H2,19,20,21). The number of urea groups is 1. The van der Waals surface area contributed by atoms with E-state index in [0.29, 0.717) is 6.42 Å². The van der Waals surface area contributed by atoms with E-state index in [1.807, 2.05) is 0 Å². The second-order valence-corrected chi connectivity index (χ2v) is 6.48. The van der Waals surface area contributed by atoms with Crippen LogP contribution in [0.25, 0.3) is 0 Å². The first kappa shape index (κ1) is 17.8. The molecule has 0 saturated heterocycles. The molecule has 128 valence electrons. The highest BCUT2D eigenvalue weighted by Crippen LogP contribution is 2.17. The van der Waals surface area contributed by atoms with Gasteiger partial charge in [0.2, 0.25) is 10.0 Å². The molecule has 6 nitrogen and oxygen atoms in total. The molecular weight excluding hydrogens is 340 g/mol. The smallest absolute Gasteiger partial charge is 0.319 e. The molecule has 9 heteroatoms. The Bertz CT molecular complexity index is 819. The van der Waals surface area contributed by atoms with Gasteiger partial charge in [-0.25, -0.2) is 27.1 Å². The molecule has 2 rings (SSSR count). The summed E-state index contributed by atoms with van der Waals surface area (Å²) in [6, 6.07) is 8.36. The van der Waals surface area contributed by atoms with E-state index >= 15 is 0 Å². The molecule has 0 atom stereocenters. The minimum absolute atomic E-state index is 0.00743. The van der Waals surface area contributed by atoms with Crippen LogP contribution >= 0.6 is 0 Å². The van der Waals surface area contributed by atoms with Crippen molar-refractivity contribution >= 4 is 21.7 Å². The average molecular weight is 355 g/mol. The van der Waals surface area contributed by atoms with Crippen LogP contribution in [0.2, 0.25) is 0 Å². The first-order chi connectivity index (χ1) is 11.3. The van der Waals surface area contributed by atoms with Gasteiger partial charge in [-0.05, 0) is 36.2 Å². The molecule has 2 amide bonds. The molecule has 24 heavy (non-hydrogen) atoms. The quantitative estimate of drug-likeness (QED) is 0.764. The number of sulfonamides is 1. The Kier molecular flexibility index (Phi) is 5.47. The monoisotopic (exact) mass is 355 g/mol. The first-order valence-corrected chi connectivity index (χ1v) is 8.42. The molecule has 4 N–H and O–H groups in total. The third kappa shape index (κ3) is 4.74. The Balaban J connectivity index is 1.87. The van der Waals surface area contributed by atoms with Crippen LogP contribution in [0, 0.1) is 11.6 Å². The van der Waals surface area contributed by atoms with E-state index in [9.17, 15) is 22.0 Å². The van der Waals surface area contributed by atoms with Crippen molar-refractivity contribution in [3.05, 3.63) is 59.7 Å². The molecule has 0 unspecified atom stereocenters. The lowest BCUT2D eigenvalue weighted by Crippen LogP contribution is -2.31. The van der Waals surface area contributed by atoms with Crippen LogP contribution in [0.5, 0.6) is 0 Å². The molecule has 2 aromatic rings. The lowest BCUT2D eigenvalue weighted by Gasteiger charge is -2.09. The van der Waals surface area contributed by atoms with Gasteiger partial charge in [0, 0.05) is 6.54 Å². The number of amides is 2. The van der Waals surface area contributed by atoms with Gasteiger partial charge in [0.15, 0.2) is 0 Å². The maximum absolute atomic E-state index is 13.4. The molecule has 0 heterocycles. The van der Waals surface area contributed by atoms with Gasteiger partial charge in [-0.3, -0.25) is 0 Å². The molecule has 0 fully saturated rings. The number of rotatable bonds is 5. The van der Waals surface area contributed by atoms with Crippen molar-refractivity contribution in [2.75, 3.05) is 11.9 Å². The fraction of sp³-hybridized carbons (Fsp3) is 0.133. The van der Waals surface area contributed by atoms with Gasteiger partial charge in [-0.2, -0.15) is 0 Å². The number of nitrogens with two attached hydrogens (primary N) is 1. The number of anilines is 1. The summed E-state index contributed by atoms with van der Waals surface area (Å²) in [5.74, 6) is -1.74. The van der Waals surface area contributed by atoms with Crippen molar-refractivity contribution in [3.8, 4) is 0 Å². The highest BCUT2D eigenvalue weighted by Gasteiger charge is 2.11. The number of halogens is 2. The van der Waals surface area contributed by atoms with Crippen LogP contribution in [-0.2, 0) is 16.4 Å². The van der Waals surface area contributed by atoms with E-state index in [1.54, 1.807) is 12.1 Å². The molecule has 0 aliphatic rings. The van der Waals surface area contributed by atoms with Gasteiger partial charge in [0.25, 0.3) is 0 Å². The number of carbonyl (C=O) groups is 1. The van der Waals surface area contributed by atoms with Crippen LogP contribution < -0.4 is 15.8 Å². The van der Waals surface area contributed by atoms with E-state index in [-0.39, 0.29) is 11.4 Å². The van der Waals surface area contributed by atoms with Gasteiger partial charge in [0.1, 0.15) is 17.3 Å². The molecule has 0 aromatic heterocycles. The number of primary sulfonamides is 1. The minimum Gasteiger partial charge on any atom is -0.338 e. The van der Waals surface area contributed by atoms with Crippen LogP contribution in [0.1, 0.15) is 5.56 Å². The van der Waals surface area contributed by atoms with E-state index in [4.69, 9.17) is 5.14 Å². The maximum Gasteiger partial charge on any atom is 0.319 e. The number of carbonyl (C=O) groups excluding carboxylic acids is 1. The molecule has 0 saturated carbocycles. The van der Waals surface area contributed by atoms with Crippen LogP contribution in [0.4, 0.5) is 19.3 Å². The molecule has 0 aliphatic carbocycles. The van der Waals surface area contributed by atoms with Gasteiger partial charge in [-0.15, -0.1) is 0 Å². The first-order valence-electron chi connectivity index (χ1n) is 6.88. The van der Waals surface area contributed by atoms with E-state index in [2.05, 4.69) is 10.6 Å². The summed E-state index contributed by atoms with van der Waals surface area (Å²) in [5.41, 5.74) is 0.243. The summed E-state index contributed by atoms with van der Waals surface area (Å²) in [6.45, 7) is 0.191. The van der Waals surface area contributed by atoms with Gasteiger partial charge >= 0.3 is 6.03 Å². The molecular formula is C15H15F2N3O3S. The lowest BCUT2D eigenvalue weighted by molar-refractivity contribution is 0.252. The van der Waals surface area contributed by atoms with Gasteiger partial charge in [0.05, 0.1) is 4.90 Å². The zero-order chi connectivity index (χ0) is 17.7. The molecule has 0 bridgehead atoms. The van der Waals surface area contributed by atoms with Crippen molar-refractivity contribution in [2.45, 2.75) is 11.3 Å². The Hall–Kier alpha value is -2.52. The largest absolute Gasteiger partial charge is 0.338 e. The molecule has 2 aromatic carbocycles. The Morgan fingerprint density at radius 1 is 1.04 bits per heavy atom. The number of hydrogen-bond acceptors (Lipinski definition) is 3. The van der Waals surface area contributed by atoms with Crippen LogP contribution in [-0.4, -0.2) is 21.0 Å². The second-order valence-electron chi connectivity index (χ2n) is 4.92.